The van der Waals surface area contributed by atoms with Crippen LogP contribution in [0.3, 0.4) is 0 Å². The van der Waals surface area contributed by atoms with Gasteiger partial charge in [-0.15, -0.1) is 0 Å². The first kappa shape index (κ1) is 22.0. The number of para-hydroxylation sites is 2. The first-order valence-electron chi connectivity index (χ1n) is 11.6. The summed E-state index contributed by atoms with van der Waals surface area (Å²) in [6, 6.07) is 23.6. The van der Waals surface area contributed by atoms with Crippen molar-refractivity contribution in [2.45, 2.75) is 19.1 Å². The number of nitrogens with zero attached hydrogens (tertiary/aromatic N) is 2. The summed E-state index contributed by atoms with van der Waals surface area (Å²) >= 11 is 0. The van der Waals surface area contributed by atoms with Crippen molar-refractivity contribution in [1.82, 2.24) is 4.57 Å². The van der Waals surface area contributed by atoms with Gasteiger partial charge < -0.3 is 19.3 Å². The molecule has 1 atom stereocenters. The van der Waals surface area contributed by atoms with Crippen molar-refractivity contribution < 1.29 is 14.6 Å². The van der Waals surface area contributed by atoms with Crippen molar-refractivity contribution in [2.75, 3.05) is 25.1 Å². The number of β-amino-alcohol motifs (C(OH)–C–C–N with tert-alkyl or cyclic N) is 1. The van der Waals surface area contributed by atoms with Crippen molar-refractivity contribution in [3.05, 3.63) is 102 Å². The Bertz CT molecular complexity index is 1340. The minimum absolute atomic E-state index is 0.0628. The molecule has 0 unspecified atom stereocenters. The van der Waals surface area contributed by atoms with E-state index in [-0.39, 0.29) is 5.78 Å². The summed E-state index contributed by atoms with van der Waals surface area (Å²) in [6.07, 6.45) is 5.98. The Labute approximate surface area is 199 Å². The van der Waals surface area contributed by atoms with E-state index in [1.54, 1.807) is 37.5 Å². The van der Waals surface area contributed by atoms with Crippen LogP contribution in [0.25, 0.3) is 17.0 Å². The minimum atomic E-state index is -0.514. The number of aliphatic hydroxyl groups excluding tert-OH is 1. The molecule has 34 heavy (non-hydrogen) atoms. The van der Waals surface area contributed by atoms with Gasteiger partial charge in [-0.05, 0) is 60.5 Å². The maximum absolute atomic E-state index is 12.7. The van der Waals surface area contributed by atoms with Gasteiger partial charge in [-0.1, -0.05) is 36.4 Å². The molecule has 2 heterocycles. The van der Waals surface area contributed by atoms with Crippen molar-refractivity contribution in [1.29, 1.82) is 0 Å². The number of ether oxygens (including phenoxy) is 1. The van der Waals surface area contributed by atoms with Crippen LogP contribution in [0.15, 0.2) is 85.1 Å². The lowest BCUT2D eigenvalue weighted by atomic mass is 10.1. The molecule has 0 spiro atoms. The molecular weight excluding hydrogens is 424 g/mol. The van der Waals surface area contributed by atoms with Gasteiger partial charge in [0.2, 0.25) is 0 Å². The topological polar surface area (TPSA) is 54.7 Å². The number of fused-ring (bicyclic) bond motifs is 2. The van der Waals surface area contributed by atoms with Crippen molar-refractivity contribution in [2.24, 2.45) is 0 Å². The molecule has 0 aliphatic carbocycles. The highest BCUT2D eigenvalue weighted by molar-refractivity contribution is 6.07. The number of benzene rings is 3. The number of rotatable bonds is 8. The number of anilines is 1. The molecule has 1 N–H and O–H groups in total. The van der Waals surface area contributed by atoms with Gasteiger partial charge in [-0.2, -0.15) is 0 Å². The van der Waals surface area contributed by atoms with Gasteiger partial charge in [0.05, 0.1) is 19.8 Å². The second-order valence-electron chi connectivity index (χ2n) is 8.66. The van der Waals surface area contributed by atoms with E-state index >= 15 is 0 Å². The van der Waals surface area contributed by atoms with Crippen LogP contribution in [-0.2, 0) is 13.0 Å². The second-order valence-corrected chi connectivity index (χ2v) is 8.66. The zero-order valence-electron chi connectivity index (χ0n) is 19.2. The summed E-state index contributed by atoms with van der Waals surface area (Å²) in [6.45, 7) is 2.01. The monoisotopic (exact) mass is 452 g/mol. The number of carbonyl (C=O) groups excluding carboxylic acids is 1. The van der Waals surface area contributed by atoms with Gasteiger partial charge in [-0.3, -0.25) is 4.79 Å². The zero-order chi connectivity index (χ0) is 23.5. The molecule has 0 bridgehead atoms. The number of aromatic nitrogens is 1. The van der Waals surface area contributed by atoms with Crippen LogP contribution in [0.1, 0.15) is 21.5 Å². The normalized spacial score (nSPS) is 14.0. The van der Waals surface area contributed by atoms with Crippen molar-refractivity contribution >= 4 is 28.4 Å². The quantitative estimate of drug-likeness (QED) is 0.303. The van der Waals surface area contributed by atoms with Gasteiger partial charge in [-0.25, -0.2) is 0 Å². The van der Waals surface area contributed by atoms with Crippen LogP contribution < -0.4 is 9.64 Å². The molecule has 1 aromatic heterocycles. The van der Waals surface area contributed by atoms with E-state index in [2.05, 4.69) is 39.8 Å². The average molecular weight is 453 g/mol. The van der Waals surface area contributed by atoms with Gasteiger partial charge in [0.1, 0.15) is 5.75 Å². The third kappa shape index (κ3) is 4.47. The fourth-order valence-corrected chi connectivity index (χ4v) is 4.71. The maximum atomic E-state index is 12.7. The molecule has 0 saturated heterocycles. The van der Waals surface area contributed by atoms with Gasteiger partial charge in [0.15, 0.2) is 5.78 Å². The molecule has 4 aromatic rings. The molecular formula is C29H28N2O3. The summed E-state index contributed by atoms with van der Waals surface area (Å²) in [5.74, 6) is 0.659. The molecule has 0 radical (unpaired) electrons. The predicted molar refractivity (Wildman–Crippen MR) is 137 cm³/mol. The summed E-state index contributed by atoms with van der Waals surface area (Å²) in [5.41, 5.74) is 5.17. The molecule has 1 aliphatic rings. The number of hydrogen-bond acceptors (Lipinski definition) is 4. The molecule has 3 aromatic carbocycles. The van der Waals surface area contributed by atoms with E-state index in [1.165, 1.54) is 11.3 Å². The van der Waals surface area contributed by atoms with Crippen LogP contribution in [-0.4, -0.2) is 41.8 Å². The SMILES string of the molecule is COc1ccc(C(=O)/C=C/c2cn(C[C@@H](O)CN3CCc4ccccc43)c3ccccc23)cc1. The van der Waals surface area contributed by atoms with Crippen molar-refractivity contribution in [3.8, 4) is 5.75 Å². The summed E-state index contributed by atoms with van der Waals surface area (Å²) in [7, 11) is 1.60. The van der Waals surface area contributed by atoms with E-state index in [0.717, 1.165) is 35.2 Å². The number of aliphatic hydroxyl groups is 1. The van der Waals surface area contributed by atoms with Gasteiger partial charge >= 0.3 is 0 Å². The van der Waals surface area contributed by atoms with Crippen LogP contribution >= 0.6 is 0 Å². The van der Waals surface area contributed by atoms with Crippen molar-refractivity contribution in [3.63, 3.8) is 0 Å². The standard InChI is InChI=1S/C29H28N2O3/c1-34-25-13-10-22(11-14-25)29(33)15-12-23-18-31(28-9-5-3-7-26(23)28)20-24(32)19-30-17-16-21-6-2-4-8-27(21)30/h2-15,18,24,32H,16-17,19-20H2,1H3/b15-12+/t24-/m0/s1. The van der Waals surface area contributed by atoms with E-state index < -0.39 is 6.10 Å². The summed E-state index contributed by atoms with van der Waals surface area (Å²) in [4.78, 5) is 14.9. The lowest BCUT2D eigenvalue weighted by Crippen LogP contribution is -2.33. The number of allylic oxidation sites excluding steroid dienone is 1. The zero-order valence-corrected chi connectivity index (χ0v) is 19.2. The molecule has 5 heteroatoms. The lowest BCUT2D eigenvalue weighted by molar-refractivity contribution is 0.104. The Morgan fingerprint density at radius 2 is 1.79 bits per heavy atom. The first-order valence-corrected chi connectivity index (χ1v) is 11.6. The lowest BCUT2D eigenvalue weighted by Gasteiger charge is -2.23. The molecule has 0 saturated carbocycles. The van der Waals surface area contributed by atoms with Crippen LogP contribution in [0.5, 0.6) is 5.75 Å². The second kappa shape index (κ2) is 9.57. The smallest absolute Gasteiger partial charge is 0.185 e. The fourth-order valence-electron chi connectivity index (χ4n) is 4.71. The number of methoxy groups -OCH3 is 1. The highest BCUT2D eigenvalue weighted by atomic mass is 16.5. The van der Waals surface area contributed by atoms with Gasteiger partial charge in [0.25, 0.3) is 0 Å². The van der Waals surface area contributed by atoms with Crippen LogP contribution in [0.2, 0.25) is 0 Å². The fraction of sp³-hybridized carbons (Fsp3) is 0.207. The number of carbonyl (C=O) groups is 1. The van der Waals surface area contributed by atoms with E-state index in [9.17, 15) is 9.90 Å². The third-order valence-corrected chi connectivity index (χ3v) is 6.43. The number of hydrogen-bond donors (Lipinski definition) is 1. The molecule has 1 aliphatic heterocycles. The summed E-state index contributed by atoms with van der Waals surface area (Å²) < 4.78 is 7.25. The molecule has 0 amide bonds. The van der Waals surface area contributed by atoms with Crippen LogP contribution in [0, 0.1) is 0 Å². The molecule has 172 valence electrons. The molecule has 5 rings (SSSR count). The van der Waals surface area contributed by atoms with Crippen LogP contribution in [0.4, 0.5) is 5.69 Å². The minimum Gasteiger partial charge on any atom is -0.497 e. The third-order valence-electron chi connectivity index (χ3n) is 6.43. The van der Waals surface area contributed by atoms with E-state index in [0.29, 0.717) is 18.7 Å². The Balaban J connectivity index is 1.33. The Morgan fingerprint density at radius 3 is 2.62 bits per heavy atom. The van der Waals surface area contributed by atoms with E-state index in [4.69, 9.17) is 4.74 Å². The molecule has 5 nitrogen and oxygen atoms in total. The molecule has 0 fully saturated rings. The maximum Gasteiger partial charge on any atom is 0.185 e. The number of ketones is 1. The largest absolute Gasteiger partial charge is 0.497 e. The highest BCUT2D eigenvalue weighted by Crippen LogP contribution is 2.28. The average Bonchev–Trinajstić information content (AvgIpc) is 3.44. The summed E-state index contributed by atoms with van der Waals surface area (Å²) in [5, 5.41) is 12.0. The Morgan fingerprint density at radius 1 is 1.03 bits per heavy atom. The van der Waals surface area contributed by atoms with Gasteiger partial charge in [0, 0.05) is 47.0 Å². The predicted octanol–water partition coefficient (Wildman–Crippen LogP) is 4.97. The Kier molecular flexibility index (Phi) is 6.19. The highest BCUT2D eigenvalue weighted by Gasteiger charge is 2.21. The first-order chi connectivity index (χ1) is 16.6. The van der Waals surface area contributed by atoms with E-state index in [1.807, 2.05) is 30.5 Å². The Hall–Kier alpha value is -3.83.